The van der Waals surface area contributed by atoms with Crippen molar-refractivity contribution < 1.29 is 23.1 Å². The van der Waals surface area contributed by atoms with E-state index in [1.54, 1.807) is 28.0 Å². The number of amides is 2. The molecule has 2 saturated heterocycles. The van der Waals surface area contributed by atoms with Crippen LogP contribution in [0, 0.1) is 23.1 Å². The van der Waals surface area contributed by atoms with Gasteiger partial charge in [-0.05, 0) is 43.9 Å². The Morgan fingerprint density at radius 3 is 2.88 bits per heavy atom. The lowest BCUT2D eigenvalue weighted by atomic mass is 9.86. The molecule has 5 heterocycles. The number of nitrogens with zero attached hydrogens (tertiary/aromatic N) is 5. The maximum atomic E-state index is 16.1. The molecule has 0 bridgehead atoms. The average Bonchev–Trinajstić information content (AvgIpc) is 3.74. The van der Waals surface area contributed by atoms with Gasteiger partial charge in [-0.1, -0.05) is 23.7 Å². The van der Waals surface area contributed by atoms with Gasteiger partial charge in [-0.15, -0.1) is 11.3 Å². The number of anilines is 1. The van der Waals surface area contributed by atoms with Gasteiger partial charge in [0, 0.05) is 34.7 Å². The van der Waals surface area contributed by atoms with Crippen molar-refractivity contribution in [3.8, 4) is 22.9 Å². The van der Waals surface area contributed by atoms with Crippen LogP contribution in [0.15, 0.2) is 36.8 Å². The number of halogens is 3. The largest absolute Gasteiger partial charge is 0.491 e. The molecular formula is C30H25ClF2N6O3S. The number of nitriles is 1. The molecule has 3 aliphatic heterocycles. The van der Waals surface area contributed by atoms with Crippen molar-refractivity contribution in [2.45, 2.75) is 50.2 Å². The van der Waals surface area contributed by atoms with Crippen LogP contribution in [0.1, 0.15) is 48.5 Å². The molecule has 0 saturated carbocycles. The van der Waals surface area contributed by atoms with Gasteiger partial charge in [0.1, 0.15) is 23.2 Å². The van der Waals surface area contributed by atoms with Crippen LogP contribution < -0.4 is 10.5 Å². The highest BCUT2D eigenvalue weighted by atomic mass is 35.5. The Labute approximate surface area is 254 Å². The van der Waals surface area contributed by atoms with Crippen molar-refractivity contribution in [3.63, 3.8) is 0 Å². The second-order valence-electron chi connectivity index (χ2n) is 11.2. The third kappa shape index (κ3) is 3.94. The van der Waals surface area contributed by atoms with Gasteiger partial charge in [0.05, 0.1) is 40.5 Å². The second kappa shape index (κ2) is 9.92. The van der Waals surface area contributed by atoms with Crippen molar-refractivity contribution in [3.05, 3.63) is 64.7 Å². The molecule has 3 aliphatic rings. The molecule has 4 aromatic rings. The first kappa shape index (κ1) is 27.6. The topological polar surface area (TPSA) is 117 Å². The first-order valence-corrected chi connectivity index (χ1v) is 15.1. The van der Waals surface area contributed by atoms with Gasteiger partial charge >= 0.3 is 6.03 Å². The fourth-order valence-corrected chi connectivity index (χ4v) is 8.58. The summed E-state index contributed by atoms with van der Waals surface area (Å²) in [5.41, 5.74) is 6.03. The molecule has 2 aromatic carbocycles. The van der Waals surface area contributed by atoms with Crippen molar-refractivity contribution in [1.29, 1.82) is 5.26 Å². The predicted molar refractivity (Wildman–Crippen MR) is 157 cm³/mol. The third-order valence-corrected chi connectivity index (χ3v) is 10.5. The van der Waals surface area contributed by atoms with E-state index in [1.165, 1.54) is 11.3 Å². The van der Waals surface area contributed by atoms with Crippen molar-refractivity contribution >= 4 is 50.0 Å². The van der Waals surface area contributed by atoms with Gasteiger partial charge < -0.3 is 20.3 Å². The smallest absolute Gasteiger partial charge is 0.330 e. The predicted octanol–water partition coefficient (Wildman–Crippen LogP) is 6.04. The zero-order valence-electron chi connectivity index (χ0n) is 22.9. The van der Waals surface area contributed by atoms with E-state index in [2.05, 4.69) is 11.1 Å². The summed E-state index contributed by atoms with van der Waals surface area (Å²) < 4.78 is 37.6. The van der Waals surface area contributed by atoms with Crippen LogP contribution in [0.5, 0.6) is 5.75 Å². The Morgan fingerprint density at radius 2 is 2.14 bits per heavy atom. The number of benzene rings is 2. The number of nitrogen functional groups attached to an aromatic ring is 1. The van der Waals surface area contributed by atoms with Crippen LogP contribution in [0.4, 0.5) is 18.6 Å². The zero-order chi connectivity index (χ0) is 30.2. The number of thiophene rings is 1. The number of fused-ring (bicyclic) bond motifs is 3. The number of carbonyl (C=O) groups is 2. The molecule has 2 N–H and O–H groups in total. The highest BCUT2D eigenvalue weighted by molar-refractivity contribution is 7.23. The molecule has 13 heteroatoms. The van der Waals surface area contributed by atoms with E-state index in [-0.39, 0.29) is 40.1 Å². The van der Waals surface area contributed by atoms with Crippen LogP contribution in [0.2, 0.25) is 5.02 Å². The van der Waals surface area contributed by atoms with E-state index in [9.17, 15) is 19.2 Å². The minimum atomic E-state index is -0.754. The molecule has 7 rings (SSSR count). The molecule has 3 atom stereocenters. The third-order valence-electron chi connectivity index (χ3n) is 9.17. The molecule has 220 valence electrons. The Kier molecular flexibility index (Phi) is 6.37. The molecule has 0 radical (unpaired) electrons. The van der Waals surface area contributed by atoms with E-state index >= 15 is 4.39 Å². The molecule has 3 unspecified atom stereocenters. The van der Waals surface area contributed by atoms with Crippen molar-refractivity contribution in [1.82, 2.24) is 19.4 Å². The van der Waals surface area contributed by atoms with Gasteiger partial charge in [-0.3, -0.25) is 9.36 Å². The summed E-state index contributed by atoms with van der Waals surface area (Å²) in [6.07, 6.45) is 4.55. The molecule has 2 fully saturated rings. The number of carbonyl (C=O) groups excluding carboxylic acids is 2. The number of rotatable bonds is 1. The average molecular weight is 623 g/mol. The van der Waals surface area contributed by atoms with Gasteiger partial charge in [0.25, 0.3) is 5.91 Å². The Hall–Kier alpha value is -4.21. The second-order valence-corrected chi connectivity index (χ2v) is 12.6. The highest BCUT2D eigenvalue weighted by Gasteiger charge is 2.58. The summed E-state index contributed by atoms with van der Waals surface area (Å²) in [7, 11) is 0. The van der Waals surface area contributed by atoms with Crippen molar-refractivity contribution in [2.75, 3.05) is 18.9 Å². The molecular weight excluding hydrogens is 598 g/mol. The number of imidazole rings is 1. The minimum Gasteiger partial charge on any atom is -0.491 e. The maximum Gasteiger partial charge on any atom is 0.330 e. The molecule has 2 aromatic heterocycles. The summed E-state index contributed by atoms with van der Waals surface area (Å²) in [6.45, 7) is 2.56. The number of aromatic nitrogens is 2. The first-order valence-electron chi connectivity index (χ1n) is 13.9. The van der Waals surface area contributed by atoms with Crippen molar-refractivity contribution in [2.24, 2.45) is 0 Å². The summed E-state index contributed by atoms with van der Waals surface area (Å²) in [6, 6.07) is 7.35. The number of nitrogens with two attached hydrogens (primary N) is 1. The van der Waals surface area contributed by atoms with Gasteiger partial charge in [0.15, 0.2) is 5.75 Å². The fraction of sp³-hybridized carbons (Fsp3) is 0.333. The van der Waals surface area contributed by atoms with E-state index in [0.717, 1.165) is 29.6 Å². The van der Waals surface area contributed by atoms with E-state index in [1.807, 2.05) is 6.92 Å². The number of ether oxygens (including phenoxy) is 1. The van der Waals surface area contributed by atoms with E-state index in [0.29, 0.717) is 46.5 Å². The van der Waals surface area contributed by atoms with Crippen LogP contribution in [0.3, 0.4) is 0 Å². The number of hydrogen-bond donors (Lipinski definition) is 1. The fourth-order valence-electron chi connectivity index (χ4n) is 7.28. The Morgan fingerprint density at radius 1 is 1.33 bits per heavy atom. The summed E-state index contributed by atoms with van der Waals surface area (Å²) in [4.78, 5) is 34.7. The molecule has 1 spiro atoms. The first-order chi connectivity index (χ1) is 20.7. The van der Waals surface area contributed by atoms with Crippen LogP contribution in [-0.2, 0) is 0 Å². The molecule has 2 amide bonds. The molecule has 0 aliphatic carbocycles. The number of likely N-dealkylation sites (tertiary alicyclic amines) is 1. The Balaban J connectivity index is 1.30. The number of hydrogen-bond acceptors (Lipinski definition) is 7. The maximum absolute atomic E-state index is 16.1. The lowest BCUT2D eigenvalue weighted by Gasteiger charge is -2.40. The monoisotopic (exact) mass is 622 g/mol. The Bertz CT molecular complexity index is 1890. The SMILES string of the molecule is CC1N2C(=O)c3cc(F)c(-c4cccc5sc(N)c(C#N)c45)c(Cl)c3OCCC2CC12CCCN2C(=O)n1cnc(F)c1. The zero-order valence-corrected chi connectivity index (χ0v) is 24.5. The summed E-state index contributed by atoms with van der Waals surface area (Å²) >= 11 is 8.08. The lowest BCUT2D eigenvalue weighted by Crippen LogP contribution is -2.56. The summed E-state index contributed by atoms with van der Waals surface area (Å²) in [5, 5.41) is 10.5. The van der Waals surface area contributed by atoms with Gasteiger partial charge in [-0.2, -0.15) is 9.65 Å². The standard InChI is InChI=1S/C30H25ClF2N6O3S/c1-15-30(7-3-8-38(30)29(41)37-13-22(33)36-14-37)11-16-6-9-42-26-18(28(40)39(15)16)10-20(32)24(25(26)31)17-4-2-5-21-23(17)19(12-34)27(35)43-21/h2,4-5,10,13-16H,3,6-9,11,35H2,1H3. The normalized spacial score (nSPS) is 23.2. The minimum absolute atomic E-state index is 0.00933. The van der Waals surface area contributed by atoms with Gasteiger partial charge in [0.2, 0.25) is 5.95 Å². The highest BCUT2D eigenvalue weighted by Crippen LogP contribution is 2.50. The van der Waals surface area contributed by atoms with Crippen LogP contribution in [0.25, 0.3) is 21.2 Å². The molecule has 9 nitrogen and oxygen atoms in total. The quantitative estimate of drug-likeness (QED) is 0.277. The molecule has 43 heavy (non-hydrogen) atoms. The van der Waals surface area contributed by atoms with E-state index in [4.69, 9.17) is 22.1 Å². The van der Waals surface area contributed by atoms with Gasteiger partial charge in [-0.25, -0.2) is 14.2 Å². The summed E-state index contributed by atoms with van der Waals surface area (Å²) in [5.74, 6) is -1.86. The van der Waals surface area contributed by atoms with Crippen LogP contribution >= 0.6 is 22.9 Å². The van der Waals surface area contributed by atoms with E-state index < -0.39 is 35.3 Å². The van der Waals surface area contributed by atoms with Crippen LogP contribution in [-0.4, -0.2) is 62.1 Å². The lowest BCUT2D eigenvalue weighted by molar-refractivity contribution is 0.0561.